The number of nitrogens with zero attached hydrogens (tertiary/aromatic N) is 4. The monoisotopic (exact) mass is 501 g/mol. The molecule has 0 saturated heterocycles. The van der Waals surface area contributed by atoms with Gasteiger partial charge in [-0.05, 0) is 50.1 Å². The molecule has 190 valence electrons. The number of alkyl halides is 3. The molecule has 4 rings (SSSR count). The van der Waals surface area contributed by atoms with Gasteiger partial charge in [0.2, 0.25) is 0 Å². The second-order valence-electron chi connectivity index (χ2n) is 9.54. The lowest BCUT2D eigenvalue weighted by atomic mass is 10.1. The van der Waals surface area contributed by atoms with E-state index in [-0.39, 0.29) is 18.1 Å². The first-order valence-corrected chi connectivity index (χ1v) is 11.3. The summed E-state index contributed by atoms with van der Waals surface area (Å²) in [7, 11) is 0. The van der Waals surface area contributed by atoms with Gasteiger partial charge in [0.15, 0.2) is 5.82 Å². The third kappa shape index (κ3) is 6.21. The molecule has 0 spiro atoms. The highest BCUT2D eigenvalue weighted by Crippen LogP contribution is 2.29. The van der Waals surface area contributed by atoms with Crippen LogP contribution < -0.4 is 5.32 Å². The van der Waals surface area contributed by atoms with Crippen molar-refractivity contribution in [2.75, 3.05) is 11.9 Å². The topological polar surface area (TPSA) is 89.4 Å². The van der Waals surface area contributed by atoms with Crippen molar-refractivity contribution in [1.82, 2.24) is 19.4 Å². The lowest BCUT2D eigenvalue weighted by molar-refractivity contribution is -0.137. The number of nitrogens with one attached hydrogen (secondary N) is 1. The zero-order valence-electron chi connectivity index (χ0n) is 20.1. The van der Waals surface area contributed by atoms with Crippen LogP contribution >= 0.6 is 0 Å². The van der Waals surface area contributed by atoms with Gasteiger partial charge in [0.25, 0.3) is 5.91 Å². The van der Waals surface area contributed by atoms with E-state index < -0.39 is 29.3 Å². The maximum atomic E-state index is 12.9. The molecule has 1 aromatic carbocycles. The van der Waals surface area contributed by atoms with Crippen molar-refractivity contribution in [3.63, 3.8) is 0 Å². The maximum absolute atomic E-state index is 12.9. The number of carbonyl (C=O) groups excluding carboxylic acids is 2. The lowest BCUT2D eigenvalue weighted by Crippen LogP contribution is -2.40. The Morgan fingerprint density at radius 2 is 1.92 bits per heavy atom. The second-order valence-corrected chi connectivity index (χ2v) is 9.54. The Morgan fingerprint density at radius 1 is 1.14 bits per heavy atom. The highest BCUT2D eigenvalue weighted by atomic mass is 19.4. The van der Waals surface area contributed by atoms with Crippen LogP contribution in [0.1, 0.15) is 53.6 Å². The van der Waals surface area contributed by atoms with Gasteiger partial charge in [-0.25, -0.2) is 14.8 Å². The van der Waals surface area contributed by atoms with E-state index in [1.54, 1.807) is 27.7 Å². The number of ether oxygens (including phenoxy) is 1. The number of imidazole rings is 1. The molecule has 3 aromatic rings. The molecule has 0 radical (unpaired) electrons. The van der Waals surface area contributed by atoms with Crippen LogP contribution in [0.4, 0.5) is 23.8 Å². The van der Waals surface area contributed by atoms with Crippen molar-refractivity contribution in [2.45, 2.75) is 52.1 Å². The molecular weight excluding hydrogens is 475 g/mol. The third-order valence-corrected chi connectivity index (χ3v) is 5.43. The van der Waals surface area contributed by atoms with Crippen LogP contribution in [0.3, 0.4) is 0 Å². The summed E-state index contributed by atoms with van der Waals surface area (Å²) in [5, 5.41) is 2.66. The first kappa shape index (κ1) is 25.2. The third-order valence-electron chi connectivity index (χ3n) is 5.43. The average molecular weight is 502 g/mol. The number of fused-ring (bicyclic) bond motifs is 1. The van der Waals surface area contributed by atoms with Gasteiger partial charge < -0.3 is 19.5 Å². The normalized spacial score (nSPS) is 13.8. The average Bonchev–Trinajstić information content (AvgIpc) is 3.23. The first-order chi connectivity index (χ1) is 16.9. The molecule has 2 aromatic heterocycles. The molecule has 36 heavy (non-hydrogen) atoms. The van der Waals surface area contributed by atoms with Crippen LogP contribution in [0.15, 0.2) is 48.9 Å². The van der Waals surface area contributed by atoms with E-state index in [0.717, 1.165) is 23.4 Å². The van der Waals surface area contributed by atoms with E-state index in [0.29, 0.717) is 25.1 Å². The van der Waals surface area contributed by atoms with Crippen LogP contribution in [0, 0.1) is 0 Å². The Morgan fingerprint density at radius 3 is 2.64 bits per heavy atom. The first-order valence-electron chi connectivity index (χ1n) is 11.3. The number of carbonyl (C=O) groups is 2. The minimum Gasteiger partial charge on any atom is -0.444 e. The summed E-state index contributed by atoms with van der Waals surface area (Å²) in [5.74, 6) is -0.209. The number of benzene rings is 1. The van der Waals surface area contributed by atoms with Gasteiger partial charge in [-0.1, -0.05) is 18.2 Å². The van der Waals surface area contributed by atoms with Gasteiger partial charge >= 0.3 is 12.3 Å². The molecule has 0 atom stereocenters. The zero-order chi connectivity index (χ0) is 26.1. The van der Waals surface area contributed by atoms with Gasteiger partial charge in [0.05, 0.1) is 18.4 Å². The fourth-order valence-corrected chi connectivity index (χ4v) is 3.77. The Labute approximate surface area is 206 Å². The van der Waals surface area contributed by atoms with E-state index >= 15 is 0 Å². The molecule has 1 aliphatic heterocycles. The molecule has 0 bridgehead atoms. The number of amides is 2. The summed E-state index contributed by atoms with van der Waals surface area (Å²) in [5.41, 5.74) is 0.925. The number of hydrogen-bond donors (Lipinski definition) is 1. The van der Waals surface area contributed by atoms with E-state index in [1.807, 2.05) is 20.8 Å². The minimum atomic E-state index is -4.42. The molecular formula is C25H26F3N5O3. The molecule has 8 nitrogen and oxygen atoms in total. The number of aromatic nitrogens is 3. The number of rotatable bonds is 4. The fraction of sp³-hybridized carbons (Fsp3) is 0.360. The summed E-state index contributed by atoms with van der Waals surface area (Å²) < 4.78 is 45.8. The lowest BCUT2D eigenvalue weighted by Gasteiger charge is -2.30. The quantitative estimate of drug-likeness (QED) is 0.550. The van der Waals surface area contributed by atoms with Crippen molar-refractivity contribution in [2.24, 2.45) is 0 Å². The molecule has 1 aliphatic rings. The van der Waals surface area contributed by atoms with Gasteiger partial charge in [-0.2, -0.15) is 13.2 Å². The Bertz CT molecular complexity index is 1280. The predicted molar refractivity (Wildman–Crippen MR) is 125 cm³/mol. The smallest absolute Gasteiger partial charge is 0.416 e. The SMILES string of the molecule is CC(C)(C)OC(=O)N1CCc2nc(C(=O)Nc3cn(Cc4cccc(C(F)(F)F)c4)cn3)ccc2C1. The van der Waals surface area contributed by atoms with Gasteiger partial charge in [-0.15, -0.1) is 0 Å². The predicted octanol–water partition coefficient (Wildman–Crippen LogP) is 4.89. The van der Waals surface area contributed by atoms with Crippen LogP contribution in [-0.4, -0.2) is 43.6 Å². The molecule has 0 aliphatic carbocycles. The largest absolute Gasteiger partial charge is 0.444 e. The Balaban J connectivity index is 1.38. The summed E-state index contributed by atoms with van der Waals surface area (Å²) in [6, 6.07) is 8.39. The van der Waals surface area contributed by atoms with Crippen molar-refractivity contribution in [3.05, 3.63) is 77.0 Å². The standard InChI is InChI=1S/C25H26F3N5O3/c1-24(2,3)36-23(35)33-10-9-19-17(13-33)7-8-20(30-19)22(34)31-21-14-32(15-29-21)12-16-5-4-6-18(11-16)25(26,27)28/h4-8,11,14-15H,9-10,12-13H2,1-3H3,(H,31,34). The van der Waals surface area contributed by atoms with Crippen molar-refractivity contribution < 1.29 is 27.5 Å². The van der Waals surface area contributed by atoms with Crippen molar-refractivity contribution >= 4 is 17.8 Å². The van der Waals surface area contributed by atoms with E-state index in [9.17, 15) is 22.8 Å². The highest BCUT2D eigenvalue weighted by Gasteiger charge is 2.30. The molecule has 3 heterocycles. The second kappa shape index (κ2) is 9.63. The molecule has 1 N–H and O–H groups in total. The number of hydrogen-bond acceptors (Lipinski definition) is 5. The van der Waals surface area contributed by atoms with Crippen LogP contribution in [0.25, 0.3) is 0 Å². The minimum absolute atomic E-state index is 0.165. The Hall–Kier alpha value is -3.89. The van der Waals surface area contributed by atoms with E-state index in [4.69, 9.17) is 4.74 Å². The van der Waals surface area contributed by atoms with Crippen LogP contribution in [0.5, 0.6) is 0 Å². The number of anilines is 1. The fourth-order valence-electron chi connectivity index (χ4n) is 3.77. The molecule has 2 amide bonds. The molecule has 0 saturated carbocycles. The molecule has 0 fully saturated rings. The summed E-state index contributed by atoms with van der Waals surface area (Å²) in [4.78, 5) is 35.2. The number of pyridine rings is 1. The molecule has 11 heteroatoms. The van der Waals surface area contributed by atoms with Gasteiger partial charge in [0.1, 0.15) is 11.3 Å². The van der Waals surface area contributed by atoms with E-state index in [1.165, 1.54) is 18.6 Å². The van der Waals surface area contributed by atoms with Gasteiger partial charge in [-0.3, -0.25) is 4.79 Å². The zero-order valence-corrected chi connectivity index (χ0v) is 20.1. The molecule has 0 unspecified atom stereocenters. The number of halogens is 3. The highest BCUT2D eigenvalue weighted by molar-refractivity contribution is 6.02. The summed E-state index contributed by atoms with van der Waals surface area (Å²) in [6.45, 7) is 6.37. The van der Waals surface area contributed by atoms with E-state index in [2.05, 4.69) is 15.3 Å². The van der Waals surface area contributed by atoms with Crippen molar-refractivity contribution in [1.29, 1.82) is 0 Å². The maximum Gasteiger partial charge on any atom is 0.416 e. The van der Waals surface area contributed by atoms with Gasteiger partial charge in [0, 0.05) is 31.4 Å². The summed E-state index contributed by atoms with van der Waals surface area (Å²) in [6.07, 6.45) is -1.35. The van der Waals surface area contributed by atoms with Crippen LogP contribution in [0.2, 0.25) is 0 Å². The van der Waals surface area contributed by atoms with Crippen molar-refractivity contribution in [3.8, 4) is 0 Å². The summed E-state index contributed by atoms with van der Waals surface area (Å²) >= 11 is 0. The Kier molecular flexibility index (Phi) is 6.75. The van der Waals surface area contributed by atoms with Crippen LogP contribution in [-0.2, 0) is 30.4 Å².